The third-order valence-corrected chi connectivity index (χ3v) is 6.21. The molecule has 1 fully saturated rings. The summed E-state index contributed by atoms with van der Waals surface area (Å²) in [4.78, 5) is 27.7. The second kappa shape index (κ2) is 5.14. The van der Waals surface area contributed by atoms with Gasteiger partial charge in [-0.15, -0.1) is 0 Å². The van der Waals surface area contributed by atoms with E-state index in [1.54, 1.807) is 32.9 Å². The normalized spacial score (nSPS) is 27.4. The third kappa shape index (κ3) is 2.10. The molecule has 0 aromatic heterocycles. The molecule has 2 aromatic rings. The summed E-state index contributed by atoms with van der Waals surface area (Å²) >= 11 is 6.20. The lowest BCUT2D eigenvalue weighted by Gasteiger charge is -2.24. The van der Waals surface area contributed by atoms with Crippen LogP contribution in [0.5, 0.6) is 0 Å². The summed E-state index contributed by atoms with van der Waals surface area (Å²) in [6, 6.07) is 13.7. The number of ether oxygens (including phenoxy) is 1. The fourth-order valence-electron chi connectivity index (χ4n) is 5.06. The molecule has 1 heterocycles. The SMILES string of the molecule is CC(C)(C)OC(=O)N1C(=O)[C@@]2(c3ccc(Cl)cc31)[C@@H]1Cc3ccccc3[C@@H]12. The Hall–Kier alpha value is -2.33. The summed E-state index contributed by atoms with van der Waals surface area (Å²) in [6.45, 7) is 5.38. The van der Waals surface area contributed by atoms with Crippen LogP contribution >= 0.6 is 11.6 Å². The molecule has 138 valence electrons. The van der Waals surface area contributed by atoms with Crippen LogP contribution in [0.2, 0.25) is 5.02 Å². The highest BCUT2D eigenvalue weighted by Gasteiger charge is 2.77. The van der Waals surface area contributed by atoms with Crippen LogP contribution in [-0.4, -0.2) is 17.6 Å². The van der Waals surface area contributed by atoms with E-state index in [0.29, 0.717) is 10.7 Å². The Bertz CT molecular complexity index is 1010. The molecule has 27 heavy (non-hydrogen) atoms. The number of nitrogens with zero attached hydrogens (tertiary/aromatic N) is 1. The van der Waals surface area contributed by atoms with Gasteiger partial charge < -0.3 is 4.74 Å². The van der Waals surface area contributed by atoms with Crippen LogP contribution in [0.25, 0.3) is 0 Å². The fraction of sp³-hybridized carbons (Fsp3) is 0.364. The van der Waals surface area contributed by atoms with Crippen molar-refractivity contribution < 1.29 is 14.3 Å². The van der Waals surface area contributed by atoms with Gasteiger partial charge in [-0.1, -0.05) is 41.9 Å². The molecule has 2 aliphatic carbocycles. The zero-order valence-corrected chi connectivity index (χ0v) is 16.2. The molecule has 5 heteroatoms. The van der Waals surface area contributed by atoms with Crippen molar-refractivity contribution in [2.75, 3.05) is 4.90 Å². The number of carbonyl (C=O) groups excluding carboxylic acids is 2. The minimum absolute atomic E-state index is 0.119. The van der Waals surface area contributed by atoms with E-state index in [1.807, 2.05) is 18.2 Å². The number of hydrogen-bond donors (Lipinski definition) is 0. The second-order valence-electron chi connectivity index (χ2n) is 8.64. The van der Waals surface area contributed by atoms with E-state index in [0.717, 1.165) is 12.0 Å². The molecular formula is C22H20ClNO3. The van der Waals surface area contributed by atoms with Gasteiger partial charge in [0.25, 0.3) is 0 Å². The van der Waals surface area contributed by atoms with Crippen molar-refractivity contribution in [2.24, 2.45) is 5.92 Å². The number of carbonyl (C=O) groups is 2. The van der Waals surface area contributed by atoms with Gasteiger partial charge in [0.15, 0.2) is 0 Å². The Labute approximate surface area is 163 Å². The number of anilines is 1. The quantitative estimate of drug-likeness (QED) is 0.656. The maximum Gasteiger partial charge on any atom is 0.421 e. The fourth-order valence-corrected chi connectivity index (χ4v) is 5.22. The van der Waals surface area contributed by atoms with E-state index in [4.69, 9.17) is 16.3 Å². The molecule has 2 amide bonds. The minimum atomic E-state index is -0.683. The van der Waals surface area contributed by atoms with Crippen molar-refractivity contribution in [3.8, 4) is 0 Å². The Morgan fingerprint density at radius 1 is 1.22 bits per heavy atom. The van der Waals surface area contributed by atoms with E-state index in [-0.39, 0.29) is 17.7 Å². The average molecular weight is 382 g/mol. The number of fused-ring (bicyclic) bond motifs is 7. The Morgan fingerprint density at radius 3 is 2.70 bits per heavy atom. The Balaban J connectivity index is 1.63. The zero-order chi connectivity index (χ0) is 19.1. The van der Waals surface area contributed by atoms with Crippen molar-refractivity contribution in [3.63, 3.8) is 0 Å². The molecule has 3 atom stereocenters. The van der Waals surface area contributed by atoms with Gasteiger partial charge in [0.05, 0.1) is 11.1 Å². The molecular weight excluding hydrogens is 362 g/mol. The van der Waals surface area contributed by atoms with Gasteiger partial charge >= 0.3 is 6.09 Å². The Kier molecular flexibility index (Phi) is 3.20. The highest BCUT2D eigenvalue weighted by molar-refractivity contribution is 6.32. The molecule has 0 bridgehead atoms. The summed E-state index contributed by atoms with van der Waals surface area (Å²) in [5.41, 5.74) is 2.64. The van der Waals surface area contributed by atoms with Crippen LogP contribution in [0.15, 0.2) is 42.5 Å². The molecule has 1 saturated carbocycles. The van der Waals surface area contributed by atoms with Crippen molar-refractivity contribution >= 4 is 29.3 Å². The van der Waals surface area contributed by atoms with Crippen molar-refractivity contribution in [2.45, 2.75) is 44.1 Å². The molecule has 3 aliphatic rings. The number of rotatable bonds is 0. The van der Waals surface area contributed by atoms with E-state index in [2.05, 4.69) is 12.1 Å². The van der Waals surface area contributed by atoms with Gasteiger partial charge in [-0.3, -0.25) is 4.79 Å². The largest absolute Gasteiger partial charge is 0.443 e. The summed E-state index contributed by atoms with van der Waals surface area (Å²) in [6.07, 6.45) is 0.225. The molecule has 1 aliphatic heterocycles. The maximum atomic E-state index is 13.6. The first kappa shape index (κ1) is 16.8. The molecule has 1 spiro atoms. The Morgan fingerprint density at radius 2 is 1.96 bits per heavy atom. The van der Waals surface area contributed by atoms with E-state index in [1.165, 1.54) is 16.0 Å². The van der Waals surface area contributed by atoms with E-state index >= 15 is 0 Å². The molecule has 0 N–H and O–H groups in total. The summed E-state index contributed by atoms with van der Waals surface area (Å²) in [7, 11) is 0. The lowest BCUT2D eigenvalue weighted by Crippen LogP contribution is -2.42. The van der Waals surface area contributed by atoms with Gasteiger partial charge in [-0.05, 0) is 61.9 Å². The summed E-state index contributed by atoms with van der Waals surface area (Å²) in [5.74, 6) is 0.127. The van der Waals surface area contributed by atoms with Crippen molar-refractivity contribution in [1.29, 1.82) is 0 Å². The maximum absolute atomic E-state index is 13.6. The average Bonchev–Trinajstić information content (AvgIpc) is 2.94. The van der Waals surface area contributed by atoms with E-state index in [9.17, 15) is 9.59 Å². The zero-order valence-electron chi connectivity index (χ0n) is 15.5. The monoisotopic (exact) mass is 381 g/mol. The smallest absolute Gasteiger partial charge is 0.421 e. The number of imide groups is 1. The molecule has 4 nitrogen and oxygen atoms in total. The van der Waals surface area contributed by atoms with Crippen LogP contribution < -0.4 is 4.90 Å². The molecule has 0 saturated heterocycles. The van der Waals surface area contributed by atoms with Gasteiger partial charge in [-0.25, -0.2) is 9.69 Å². The predicted octanol–water partition coefficient (Wildman–Crippen LogP) is 4.83. The van der Waals surface area contributed by atoms with Gasteiger partial charge in [0, 0.05) is 10.9 Å². The molecule has 0 radical (unpaired) electrons. The lowest BCUT2D eigenvalue weighted by atomic mass is 9.86. The first-order valence-electron chi connectivity index (χ1n) is 9.20. The van der Waals surface area contributed by atoms with Crippen LogP contribution in [0.1, 0.15) is 43.4 Å². The topological polar surface area (TPSA) is 46.6 Å². The van der Waals surface area contributed by atoms with Crippen LogP contribution in [0.3, 0.4) is 0 Å². The first-order valence-corrected chi connectivity index (χ1v) is 9.58. The standard InChI is InChI=1S/C22H20ClNO3/c1-21(2,3)27-20(26)24-17-11-13(23)8-9-15(17)22(19(24)25)16-10-12-6-4-5-7-14(12)18(16)22/h4-9,11,16,18H,10H2,1-3H3/t16-,18+,22+/m1/s1. The summed E-state index contributed by atoms with van der Waals surface area (Å²) < 4.78 is 5.52. The lowest BCUT2D eigenvalue weighted by molar-refractivity contribution is -0.120. The molecule has 2 aromatic carbocycles. The number of amides is 2. The van der Waals surface area contributed by atoms with Gasteiger partial charge in [0.2, 0.25) is 5.91 Å². The minimum Gasteiger partial charge on any atom is -0.443 e. The number of benzene rings is 2. The molecule has 5 rings (SSSR count). The highest BCUT2D eigenvalue weighted by Crippen LogP contribution is 2.74. The van der Waals surface area contributed by atoms with Crippen LogP contribution in [-0.2, 0) is 21.4 Å². The number of hydrogen-bond acceptors (Lipinski definition) is 3. The first-order chi connectivity index (χ1) is 12.7. The van der Waals surface area contributed by atoms with Crippen LogP contribution in [0.4, 0.5) is 10.5 Å². The molecule has 0 unspecified atom stereocenters. The predicted molar refractivity (Wildman–Crippen MR) is 103 cm³/mol. The highest BCUT2D eigenvalue weighted by atomic mass is 35.5. The van der Waals surface area contributed by atoms with Gasteiger partial charge in [-0.2, -0.15) is 0 Å². The summed E-state index contributed by atoms with van der Waals surface area (Å²) in [5, 5.41) is 0.498. The number of halogens is 1. The van der Waals surface area contributed by atoms with Gasteiger partial charge in [0.1, 0.15) is 5.60 Å². The second-order valence-corrected chi connectivity index (χ2v) is 9.07. The van der Waals surface area contributed by atoms with Crippen molar-refractivity contribution in [1.82, 2.24) is 0 Å². The van der Waals surface area contributed by atoms with Crippen molar-refractivity contribution in [3.05, 3.63) is 64.2 Å². The van der Waals surface area contributed by atoms with E-state index < -0.39 is 17.1 Å². The third-order valence-electron chi connectivity index (χ3n) is 5.98. The van der Waals surface area contributed by atoms with Crippen LogP contribution in [0, 0.1) is 5.92 Å².